The summed E-state index contributed by atoms with van der Waals surface area (Å²) in [6.45, 7) is 11.3. The molecule has 0 saturated heterocycles. The summed E-state index contributed by atoms with van der Waals surface area (Å²) in [5.41, 5.74) is 1.12. The minimum absolute atomic E-state index is 0.00957. The number of carbonyl (C=O) groups is 1. The fraction of sp³-hybridized carbons (Fsp3) is 0.632. The van der Waals surface area contributed by atoms with Gasteiger partial charge < -0.3 is 9.64 Å². The number of hydrogen-bond acceptors (Lipinski definition) is 2. The Balaban J connectivity index is 2.92. The van der Waals surface area contributed by atoms with Crippen LogP contribution in [0.15, 0.2) is 24.3 Å². The summed E-state index contributed by atoms with van der Waals surface area (Å²) in [6.07, 6.45) is 2.68. The molecule has 1 aromatic rings. The van der Waals surface area contributed by atoms with Crippen LogP contribution in [-0.2, 0) is 11.3 Å². The van der Waals surface area contributed by atoms with Crippen LogP contribution in [0.2, 0.25) is 0 Å². The van der Waals surface area contributed by atoms with Gasteiger partial charge in [0.1, 0.15) is 5.75 Å². The monoisotopic (exact) mass is 305 g/mol. The zero-order valence-electron chi connectivity index (χ0n) is 15.0. The van der Waals surface area contributed by atoms with E-state index in [0.29, 0.717) is 13.0 Å². The lowest BCUT2D eigenvalue weighted by Gasteiger charge is -2.32. The summed E-state index contributed by atoms with van der Waals surface area (Å²) in [7, 11) is 1.67. The van der Waals surface area contributed by atoms with Crippen molar-refractivity contribution in [2.24, 2.45) is 5.41 Å². The van der Waals surface area contributed by atoms with Crippen LogP contribution in [0.3, 0.4) is 0 Å². The Morgan fingerprint density at radius 1 is 1.32 bits per heavy atom. The number of carbonyl (C=O) groups excluding carboxylic acids is 1. The van der Waals surface area contributed by atoms with Gasteiger partial charge in [-0.15, -0.1) is 0 Å². The first kappa shape index (κ1) is 18.5. The number of methoxy groups -OCH3 is 1. The highest BCUT2D eigenvalue weighted by Gasteiger charge is 2.24. The molecule has 124 valence electrons. The maximum absolute atomic E-state index is 12.7. The Bertz CT molecular complexity index is 477. The molecule has 1 rings (SSSR count). The molecule has 1 atom stereocenters. The van der Waals surface area contributed by atoms with Crippen molar-refractivity contribution in [1.29, 1.82) is 0 Å². The summed E-state index contributed by atoms with van der Waals surface area (Å²) in [6, 6.07) is 8.23. The summed E-state index contributed by atoms with van der Waals surface area (Å²) >= 11 is 0. The molecule has 1 unspecified atom stereocenters. The molecule has 3 heteroatoms. The van der Waals surface area contributed by atoms with Gasteiger partial charge in [-0.05, 0) is 36.5 Å². The molecular weight excluding hydrogens is 274 g/mol. The van der Waals surface area contributed by atoms with Crippen molar-refractivity contribution >= 4 is 5.91 Å². The molecule has 0 aromatic heterocycles. The topological polar surface area (TPSA) is 29.5 Å². The maximum atomic E-state index is 12.7. The number of rotatable bonds is 7. The minimum Gasteiger partial charge on any atom is -0.497 e. The highest BCUT2D eigenvalue weighted by molar-refractivity contribution is 5.77. The smallest absolute Gasteiger partial charge is 0.223 e. The molecule has 0 N–H and O–H groups in total. The van der Waals surface area contributed by atoms with Crippen LogP contribution in [0.25, 0.3) is 0 Å². The molecule has 0 aliphatic carbocycles. The largest absolute Gasteiger partial charge is 0.497 e. The van der Waals surface area contributed by atoms with Crippen LogP contribution >= 0.6 is 0 Å². The van der Waals surface area contributed by atoms with E-state index in [2.05, 4.69) is 40.7 Å². The van der Waals surface area contributed by atoms with Crippen molar-refractivity contribution in [3.8, 4) is 5.75 Å². The van der Waals surface area contributed by atoms with Crippen molar-refractivity contribution in [2.45, 2.75) is 66.5 Å². The van der Waals surface area contributed by atoms with Crippen molar-refractivity contribution in [3.05, 3.63) is 29.8 Å². The molecule has 0 aliphatic heterocycles. The molecule has 3 nitrogen and oxygen atoms in total. The molecule has 22 heavy (non-hydrogen) atoms. The van der Waals surface area contributed by atoms with Gasteiger partial charge in [-0.1, -0.05) is 46.2 Å². The van der Waals surface area contributed by atoms with E-state index >= 15 is 0 Å². The Kier molecular flexibility index (Phi) is 6.92. The van der Waals surface area contributed by atoms with Crippen LogP contribution in [0.5, 0.6) is 5.75 Å². The molecule has 0 bridgehead atoms. The Hall–Kier alpha value is -1.51. The highest BCUT2D eigenvalue weighted by atomic mass is 16.5. The molecule has 0 fully saturated rings. The van der Waals surface area contributed by atoms with Crippen LogP contribution in [0.4, 0.5) is 0 Å². The van der Waals surface area contributed by atoms with Gasteiger partial charge in [-0.2, -0.15) is 0 Å². The van der Waals surface area contributed by atoms with Gasteiger partial charge in [-0.3, -0.25) is 4.79 Å². The fourth-order valence-corrected chi connectivity index (χ4v) is 2.59. The van der Waals surface area contributed by atoms with Crippen LogP contribution < -0.4 is 4.74 Å². The average Bonchev–Trinajstić information content (AvgIpc) is 2.43. The lowest BCUT2D eigenvalue weighted by atomic mass is 9.91. The number of benzene rings is 1. The highest BCUT2D eigenvalue weighted by Crippen LogP contribution is 2.23. The van der Waals surface area contributed by atoms with E-state index < -0.39 is 0 Å². The zero-order chi connectivity index (χ0) is 16.8. The lowest BCUT2D eigenvalue weighted by Crippen LogP contribution is -2.39. The van der Waals surface area contributed by atoms with Gasteiger partial charge in [0, 0.05) is 19.0 Å². The number of amides is 1. The summed E-state index contributed by atoms with van der Waals surface area (Å²) in [5, 5.41) is 0. The summed E-state index contributed by atoms with van der Waals surface area (Å²) in [4.78, 5) is 14.7. The van der Waals surface area contributed by atoms with Crippen molar-refractivity contribution in [2.75, 3.05) is 7.11 Å². The van der Waals surface area contributed by atoms with Gasteiger partial charge in [-0.25, -0.2) is 0 Å². The second kappa shape index (κ2) is 8.21. The molecule has 0 radical (unpaired) electrons. The molecule has 1 aromatic carbocycles. The number of nitrogens with zero attached hydrogens (tertiary/aromatic N) is 1. The Labute approximate surface area is 135 Å². The third kappa shape index (κ3) is 6.08. The number of ether oxygens (including phenoxy) is 1. The molecule has 1 amide bonds. The first-order valence-electron chi connectivity index (χ1n) is 8.19. The maximum Gasteiger partial charge on any atom is 0.223 e. The van der Waals surface area contributed by atoms with Crippen LogP contribution in [0, 0.1) is 5.41 Å². The van der Waals surface area contributed by atoms with Crippen molar-refractivity contribution in [3.63, 3.8) is 0 Å². The normalized spacial score (nSPS) is 12.8. The van der Waals surface area contributed by atoms with Gasteiger partial charge in [0.25, 0.3) is 0 Å². The zero-order valence-corrected chi connectivity index (χ0v) is 15.0. The van der Waals surface area contributed by atoms with Crippen LogP contribution in [0.1, 0.15) is 59.4 Å². The van der Waals surface area contributed by atoms with E-state index in [1.165, 1.54) is 0 Å². The SMILES string of the molecule is CCCC(C)N(Cc1cccc(OC)c1)C(=O)CC(C)(C)C. The van der Waals surface area contributed by atoms with E-state index in [9.17, 15) is 4.79 Å². The third-order valence-corrected chi connectivity index (χ3v) is 3.73. The molecule has 0 spiro atoms. The number of hydrogen-bond donors (Lipinski definition) is 0. The van der Waals surface area contributed by atoms with E-state index in [0.717, 1.165) is 24.2 Å². The fourth-order valence-electron chi connectivity index (χ4n) is 2.59. The summed E-state index contributed by atoms with van der Waals surface area (Å²) in [5.74, 6) is 1.07. The quantitative estimate of drug-likeness (QED) is 0.734. The van der Waals surface area contributed by atoms with E-state index in [1.807, 2.05) is 23.1 Å². The molecule has 0 saturated carbocycles. The predicted octanol–water partition coefficient (Wildman–Crippen LogP) is 4.65. The van der Waals surface area contributed by atoms with E-state index in [4.69, 9.17) is 4.74 Å². The van der Waals surface area contributed by atoms with Crippen molar-refractivity contribution < 1.29 is 9.53 Å². The summed E-state index contributed by atoms with van der Waals surface area (Å²) < 4.78 is 5.28. The van der Waals surface area contributed by atoms with Crippen molar-refractivity contribution in [1.82, 2.24) is 4.90 Å². The van der Waals surface area contributed by atoms with E-state index in [-0.39, 0.29) is 17.4 Å². The first-order valence-corrected chi connectivity index (χ1v) is 8.19. The van der Waals surface area contributed by atoms with Gasteiger partial charge in [0.15, 0.2) is 0 Å². The molecular formula is C19H31NO2. The van der Waals surface area contributed by atoms with Gasteiger partial charge in [0.05, 0.1) is 7.11 Å². The van der Waals surface area contributed by atoms with E-state index in [1.54, 1.807) is 7.11 Å². The molecule has 0 heterocycles. The average molecular weight is 305 g/mol. The minimum atomic E-state index is 0.00957. The third-order valence-electron chi connectivity index (χ3n) is 3.73. The predicted molar refractivity (Wildman–Crippen MR) is 92.0 cm³/mol. The second-order valence-corrected chi connectivity index (χ2v) is 7.25. The van der Waals surface area contributed by atoms with Gasteiger partial charge in [0.2, 0.25) is 5.91 Å². The van der Waals surface area contributed by atoms with Gasteiger partial charge >= 0.3 is 0 Å². The Morgan fingerprint density at radius 3 is 2.55 bits per heavy atom. The van der Waals surface area contributed by atoms with Crippen LogP contribution in [-0.4, -0.2) is 24.0 Å². The molecule has 0 aliphatic rings. The standard InChI is InChI=1S/C19H31NO2/c1-7-9-15(2)20(18(21)13-19(3,4)5)14-16-10-8-11-17(12-16)22-6/h8,10-12,15H,7,9,13-14H2,1-6H3. The lowest BCUT2D eigenvalue weighted by molar-refractivity contribution is -0.136. The second-order valence-electron chi connectivity index (χ2n) is 7.25. The Morgan fingerprint density at radius 2 is 2.00 bits per heavy atom. The first-order chi connectivity index (χ1) is 10.3.